The molecule has 1 aromatic rings. The first-order valence-electron chi connectivity index (χ1n) is 4.23. The third-order valence-corrected chi connectivity index (χ3v) is 1.84. The van der Waals surface area contributed by atoms with Gasteiger partial charge in [-0.25, -0.2) is 8.78 Å². The molecule has 72 valence electrons. The zero-order valence-corrected chi connectivity index (χ0v) is 7.72. The van der Waals surface area contributed by atoms with Gasteiger partial charge in [0.25, 0.3) is 0 Å². The van der Waals surface area contributed by atoms with Gasteiger partial charge < -0.3 is 0 Å². The van der Waals surface area contributed by atoms with Crippen LogP contribution in [0.5, 0.6) is 0 Å². The zero-order chi connectivity index (χ0) is 10.6. The number of rotatable bonds is 2. The summed E-state index contributed by atoms with van der Waals surface area (Å²) < 4.78 is 26.2. The summed E-state index contributed by atoms with van der Waals surface area (Å²) in [6.07, 6.45) is 1.70. The van der Waals surface area contributed by atoms with Gasteiger partial charge in [-0.05, 0) is 24.6 Å². The second kappa shape index (κ2) is 4.52. The van der Waals surface area contributed by atoms with Crippen molar-refractivity contribution in [3.05, 3.63) is 41.0 Å². The van der Waals surface area contributed by atoms with Crippen LogP contribution in [0, 0.1) is 23.0 Å². The number of nitrogens with zero attached hydrogens (tertiary/aromatic N) is 1. The molecule has 0 fully saturated rings. The zero-order valence-electron chi connectivity index (χ0n) is 7.72. The van der Waals surface area contributed by atoms with Crippen LogP contribution >= 0.6 is 0 Å². The van der Waals surface area contributed by atoms with Crippen molar-refractivity contribution in [3.63, 3.8) is 0 Å². The largest absolute Gasteiger partial charge is 0.206 e. The first-order chi connectivity index (χ1) is 6.69. The average Bonchev–Trinajstić information content (AvgIpc) is 2.18. The third-order valence-electron chi connectivity index (χ3n) is 1.84. The highest BCUT2D eigenvalue weighted by atomic mass is 19.1. The Kier molecular flexibility index (Phi) is 3.35. The maximum Gasteiger partial charge on any atom is 0.133 e. The van der Waals surface area contributed by atoms with Gasteiger partial charge in [0.2, 0.25) is 0 Å². The number of hydrogen-bond acceptors (Lipinski definition) is 1. The molecule has 0 saturated heterocycles. The molecule has 0 N–H and O–H groups in total. The Balaban J connectivity index is 3.21. The number of benzene rings is 1. The summed E-state index contributed by atoms with van der Waals surface area (Å²) in [5.41, 5.74) is 0.208. The van der Waals surface area contributed by atoms with Gasteiger partial charge in [0, 0.05) is 11.1 Å². The van der Waals surface area contributed by atoms with E-state index < -0.39 is 11.6 Å². The molecule has 3 heteroatoms. The number of hydrogen-bond donors (Lipinski definition) is 0. The fraction of sp³-hybridized carbons (Fsp3) is 0.182. The van der Waals surface area contributed by atoms with E-state index in [2.05, 4.69) is 0 Å². The van der Waals surface area contributed by atoms with Gasteiger partial charge in [-0.3, -0.25) is 0 Å². The Bertz CT molecular complexity index is 382. The van der Waals surface area contributed by atoms with E-state index in [-0.39, 0.29) is 5.56 Å². The van der Waals surface area contributed by atoms with Gasteiger partial charge >= 0.3 is 0 Å². The van der Waals surface area contributed by atoms with Crippen LogP contribution in [0.15, 0.2) is 23.8 Å². The molecule has 14 heavy (non-hydrogen) atoms. The number of halogens is 2. The maximum atomic E-state index is 13.1. The summed E-state index contributed by atoms with van der Waals surface area (Å²) in [7, 11) is 0. The number of nitriles is 1. The summed E-state index contributed by atoms with van der Waals surface area (Å²) in [6.45, 7) is 1.76. The number of allylic oxidation sites excluding steroid dienone is 1. The van der Waals surface area contributed by atoms with Crippen molar-refractivity contribution in [2.45, 2.75) is 13.3 Å². The normalized spacial score (nSPS) is 11.1. The molecule has 0 atom stereocenters. The average molecular weight is 193 g/mol. The lowest BCUT2D eigenvalue weighted by atomic mass is 10.1. The summed E-state index contributed by atoms with van der Waals surface area (Å²) in [5, 5.41) is 8.61. The van der Waals surface area contributed by atoms with Crippen LogP contribution in [0.1, 0.15) is 18.9 Å². The SMILES string of the molecule is CC/C(C#N)=C/c1c(F)cccc1F. The molecule has 0 saturated carbocycles. The fourth-order valence-corrected chi connectivity index (χ4v) is 1.04. The molecule has 0 aliphatic rings. The molecule has 1 nitrogen and oxygen atoms in total. The first-order valence-corrected chi connectivity index (χ1v) is 4.23. The molecule has 0 bridgehead atoms. The highest BCUT2D eigenvalue weighted by Crippen LogP contribution is 2.16. The second-order valence-electron chi connectivity index (χ2n) is 2.77. The molecule has 0 unspecified atom stereocenters. The van der Waals surface area contributed by atoms with Gasteiger partial charge in [0.05, 0.1) is 6.07 Å². The Hall–Kier alpha value is -1.69. The molecule has 0 aliphatic heterocycles. The van der Waals surface area contributed by atoms with Crippen LogP contribution in [0.3, 0.4) is 0 Å². The van der Waals surface area contributed by atoms with Gasteiger partial charge in [0.1, 0.15) is 11.6 Å². The lowest BCUT2D eigenvalue weighted by molar-refractivity contribution is 0.578. The standard InChI is InChI=1S/C11H9F2N/c1-2-8(7-14)6-9-10(12)4-3-5-11(9)13/h3-6H,2H2,1H3/b8-6-. The first kappa shape index (κ1) is 10.4. The molecule has 0 aromatic heterocycles. The molecular formula is C11H9F2N. The quantitative estimate of drug-likeness (QED) is 0.661. The van der Waals surface area contributed by atoms with E-state index in [9.17, 15) is 8.78 Å². The van der Waals surface area contributed by atoms with E-state index in [1.54, 1.807) is 6.92 Å². The third kappa shape index (κ3) is 2.17. The van der Waals surface area contributed by atoms with Crippen molar-refractivity contribution < 1.29 is 8.78 Å². The van der Waals surface area contributed by atoms with Crippen molar-refractivity contribution in [3.8, 4) is 6.07 Å². The molecule has 0 radical (unpaired) electrons. The predicted molar refractivity (Wildman–Crippen MR) is 50.2 cm³/mol. The fourth-order valence-electron chi connectivity index (χ4n) is 1.04. The van der Waals surface area contributed by atoms with Gasteiger partial charge in [-0.15, -0.1) is 0 Å². The lowest BCUT2D eigenvalue weighted by Crippen LogP contribution is -1.88. The van der Waals surface area contributed by atoms with E-state index >= 15 is 0 Å². The van der Waals surface area contributed by atoms with Crippen molar-refractivity contribution in [1.82, 2.24) is 0 Å². The van der Waals surface area contributed by atoms with Crippen molar-refractivity contribution in [2.24, 2.45) is 0 Å². The van der Waals surface area contributed by atoms with Crippen molar-refractivity contribution >= 4 is 6.08 Å². The minimum atomic E-state index is -0.647. The van der Waals surface area contributed by atoms with Crippen LogP contribution in [-0.2, 0) is 0 Å². The molecular weight excluding hydrogens is 184 g/mol. The molecule has 0 amide bonds. The van der Waals surface area contributed by atoms with Gasteiger partial charge in [-0.1, -0.05) is 13.0 Å². The van der Waals surface area contributed by atoms with E-state index in [4.69, 9.17) is 5.26 Å². The maximum absolute atomic E-state index is 13.1. The topological polar surface area (TPSA) is 23.8 Å². The van der Waals surface area contributed by atoms with Crippen LogP contribution in [0.4, 0.5) is 8.78 Å². The van der Waals surface area contributed by atoms with E-state index in [1.807, 2.05) is 6.07 Å². The minimum absolute atomic E-state index is 0.147. The van der Waals surface area contributed by atoms with Crippen molar-refractivity contribution in [2.75, 3.05) is 0 Å². The summed E-state index contributed by atoms with van der Waals surface area (Å²) >= 11 is 0. The van der Waals surface area contributed by atoms with E-state index in [0.717, 1.165) is 0 Å². The van der Waals surface area contributed by atoms with Crippen LogP contribution in [-0.4, -0.2) is 0 Å². The molecule has 0 heterocycles. The van der Waals surface area contributed by atoms with Gasteiger partial charge in [0.15, 0.2) is 0 Å². The van der Waals surface area contributed by atoms with Crippen LogP contribution in [0.25, 0.3) is 6.08 Å². The second-order valence-corrected chi connectivity index (χ2v) is 2.77. The van der Waals surface area contributed by atoms with Crippen LogP contribution in [0.2, 0.25) is 0 Å². The van der Waals surface area contributed by atoms with E-state index in [1.165, 1.54) is 24.3 Å². The molecule has 0 aliphatic carbocycles. The Labute approximate surface area is 81.3 Å². The predicted octanol–water partition coefficient (Wildman–Crippen LogP) is 3.28. The molecule has 0 spiro atoms. The summed E-state index contributed by atoms with van der Waals surface area (Å²) in [6, 6.07) is 5.51. The Morgan fingerprint density at radius 1 is 1.43 bits per heavy atom. The van der Waals surface area contributed by atoms with Gasteiger partial charge in [-0.2, -0.15) is 5.26 Å². The van der Waals surface area contributed by atoms with E-state index in [0.29, 0.717) is 12.0 Å². The Morgan fingerprint density at radius 2 is 2.00 bits per heavy atom. The van der Waals surface area contributed by atoms with Crippen molar-refractivity contribution in [1.29, 1.82) is 5.26 Å². The van der Waals surface area contributed by atoms with Crippen LogP contribution < -0.4 is 0 Å². The summed E-state index contributed by atoms with van der Waals surface area (Å²) in [5.74, 6) is -1.29. The lowest BCUT2D eigenvalue weighted by Gasteiger charge is -1.99. The summed E-state index contributed by atoms with van der Waals surface area (Å²) in [4.78, 5) is 0. The molecule has 1 aromatic carbocycles. The Morgan fingerprint density at radius 3 is 2.43 bits per heavy atom. The highest BCUT2D eigenvalue weighted by molar-refractivity contribution is 5.57. The smallest absolute Gasteiger partial charge is 0.133 e. The minimum Gasteiger partial charge on any atom is -0.206 e. The highest BCUT2D eigenvalue weighted by Gasteiger charge is 2.05. The molecule has 1 rings (SSSR count). The monoisotopic (exact) mass is 193 g/mol.